The Bertz CT molecular complexity index is 3430. The van der Waals surface area contributed by atoms with E-state index in [2.05, 4.69) is 309 Å². The molecule has 0 saturated heterocycles. The number of benzene rings is 8. The van der Waals surface area contributed by atoms with Gasteiger partial charge in [0.25, 0.3) is 0 Å². The van der Waals surface area contributed by atoms with Crippen LogP contribution in [0.25, 0.3) is 21.9 Å². The normalized spacial score (nSPS) is 12.9. The fourth-order valence-electron chi connectivity index (χ4n) is 10.3. The number of rotatable bonds is 9. The van der Waals surface area contributed by atoms with Gasteiger partial charge in [0.05, 0.1) is 33.2 Å². The molecule has 0 radical (unpaired) electrons. The molecule has 0 aliphatic carbocycles. The summed E-state index contributed by atoms with van der Waals surface area (Å²) in [6.07, 6.45) is 0. The number of furan rings is 1. The van der Waals surface area contributed by atoms with Gasteiger partial charge in [-0.3, -0.25) is 0 Å². The van der Waals surface area contributed by atoms with E-state index in [1.165, 1.54) is 27.8 Å². The molecule has 0 aliphatic rings. The average Bonchev–Trinajstić information content (AvgIpc) is 3.76. The highest BCUT2D eigenvalue weighted by molar-refractivity contribution is 6.37. The summed E-state index contributed by atoms with van der Waals surface area (Å²) in [7, 11) is 0. The SMILES string of the molecule is CC(C)(C)c1ccc(N(c2ccc(C(C)(C)C)cc2)c2cc(C(C)(C)C)cc(N(c3ccc(C(C)(C)C)cc3)c3ccc(N(c4ccc(C(C)(C)C)cc4)c4ccc(C(C)(C)C)cc4)c4c3oc3ccccc34)c2Cl)cc1. The van der Waals surface area contributed by atoms with Crippen LogP contribution in [-0.4, -0.2) is 0 Å². The molecule has 1 aromatic heterocycles. The standard InChI is InChI=1S/C72H82ClN3O/c1-67(2,3)47-23-33-53(34-24-47)74(54-35-25-48(26-36-54)68(4,5)6)59-43-44-60(66-64(59)58-21-19-20-22-63(58)77-66)76(57-41-31-51(32-42-57)71(13,14)15)62-46-52(72(16,17)18)45-61(65(62)73)75(55-37-27-49(28-38-55)69(7,8)9)56-39-29-50(30-40-56)70(10,11)12/h19-46H,1-18H3. The van der Waals surface area contributed by atoms with E-state index in [1.54, 1.807) is 0 Å². The third-order valence-corrected chi connectivity index (χ3v) is 15.7. The van der Waals surface area contributed by atoms with Gasteiger partial charge >= 0.3 is 0 Å². The van der Waals surface area contributed by atoms with Gasteiger partial charge in [-0.2, -0.15) is 0 Å². The molecule has 0 bridgehead atoms. The number of para-hydroxylation sites is 1. The van der Waals surface area contributed by atoms with Crippen LogP contribution in [0.3, 0.4) is 0 Å². The second kappa shape index (κ2) is 19.9. The van der Waals surface area contributed by atoms with Crippen molar-refractivity contribution in [3.05, 3.63) is 208 Å². The van der Waals surface area contributed by atoms with Crippen molar-refractivity contribution in [1.82, 2.24) is 0 Å². The lowest BCUT2D eigenvalue weighted by Gasteiger charge is -2.34. The largest absolute Gasteiger partial charge is 0.454 e. The van der Waals surface area contributed by atoms with Gasteiger partial charge in [-0.1, -0.05) is 215 Å². The summed E-state index contributed by atoms with van der Waals surface area (Å²) >= 11 is 8.27. The Hall–Kier alpha value is -6.75. The molecule has 8 aromatic carbocycles. The third kappa shape index (κ3) is 11.2. The molecule has 77 heavy (non-hydrogen) atoms. The summed E-state index contributed by atoms with van der Waals surface area (Å²) in [6.45, 7) is 40.9. The molecule has 9 rings (SSSR count). The molecular weight excluding hydrogens is 958 g/mol. The Morgan fingerprint density at radius 1 is 0.299 bits per heavy atom. The minimum atomic E-state index is -0.266. The van der Waals surface area contributed by atoms with Crippen LogP contribution in [0.5, 0.6) is 0 Å². The van der Waals surface area contributed by atoms with Gasteiger partial charge in [-0.05, 0) is 157 Å². The average molecular weight is 1040 g/mol. The number of halogens is 1. The summed E-state index contributed by atoms with van der Waals surface area (Å²) in [5, 5.41) is 2.66. The molecule has 0 saturated carbocycles. The van der Waals surface area contributed by atoms with Gasteiger partial charge in [0, 0.05) is 33.8 Å². The van der Waals surface area contributed by atoms with Crippen molar-refractivity contribution in [2.24, 2.45) is 0 Å². The lowest BCUT2D eigenvalue weighted by molar-refractivity contribution is 0.589. The summed E-state index contributed by atoms with van der Waals surface area (Å²) in [4.78, 5) is 7.08. The highest BCUT2D eigenvalue weighted by atomic mass is 35.5. The van der Waals surface area contributed by atoms with E-state index in [4.69, 9.17) is 16.0 Å². The van der Waals surface area contributed by atoms with Crippen LogP contribution in [0.2, 0.25) is 5.02 Å². The molecule has 5 heteroatoms. The van der Waals surface area contributed by atoms with Crippen LogP contribution in [-0.2, 0) is 32.5 Å². The van der Waals surface area contributed by atoms with E-state index in [-0.39, 0.29) is 32.5 Å². The maximum atomic E-state index is 8.27. The van der Waals surface area contributed by atoms with Crippen molar-refractivity contribution in [3.63, 3.8) is 0 Å². The van der Waals surface area contributed by atoms with Crippen LogP contribution < -0.4 is 14.7 Å². The first-order valence-corrected chi connectivity index (χ1v) is 28.0. The number of nitrogens with zero attached hydrogens (tertiary/aromatic N) is 3. The van der Waals surface area contributed by atoms with Crippen molar-refractivity contribution in [1.29, 1.82) is 0 Å². The van der Waals surface area contributed by atoms with Crippen LogP contribution >= 0.6 is 11.6 Å². The zero-order valence-electron chi connectivity index (χ0n) is 49.3. The molecule has 0 aliphatic heterocycles. The molecule has 0 unspecified atom stereocenters. The van der Waals surface area contributed by atoms with E-state index in [0.29, 0.717) is 5.02 Å². The molecule has 9 aromatic rings. The molecule has 4 nitrogen and oxygen atoms in total. The Labute approximate surface area is 466 Å². The number of hydrogen-bond acceptors (Lipinski definition) is 4. The second-order valence-corrected chi connectivity index (χ2v) is 27.9. The van der Waals surface area contributed by atoms with Gasteiger partial charge < -0.3 is 19.1 Å². The molecule has 0 atom stereocenters. The molecular formula is C72H82ClN3O. The first-order valence-electron chi connectivity index (χ1n) is 27.6. The van der Waals surface area contributed by atoms with E-state index < -0.39 is 0 Å². The minimum Gasteiger partial charge on any atom is -0.454 e. The number of anilines is 9. The highest BCUT2D eigenvalue weighted by Crippen LogP contribution is 2.53. The van der Waals surface area contributed by atoms with Crippen molar-refractivity contribution in [3.8, 4) is 0 Å². The molecule has 0 fully saturated rings. The fraction of sp³-hybridized carbons (Fsp3) is 0.333. The monoisotopic (exact) mass is 1040 g/mol. The van der Waals surface area contributed by atoms with Gasteiger partial charge in [-0.15, -0.1) is 0 Å². The van der Waals surface area contributed by atoms with Crippen LogP contribution in [0.15, 0.2) is 174 Å². The predicted octanol–water partition coefficient (Wildman–Crippen LogP) is 22.4. The molecule has 398 valence electrons. The Morgan fingerprint density at radius 2 is 0.584 bits per heavy atom. The Balaban J connectivity index is 1.36. The lowest BCUT2D eigenvalue weighted by Crippen LogP contribution is -2.19. The van der Waals surface area contributed by atoms with Gasteiger partial charge in [0.2, 0.25) is 0 Å². The molecule has 0 amide bonds. The highest BCUT2D eigenvalue weighted by Gasteiger charge is 2.31. The maximum Gasteiger partial charge on any atom is 0.161 e. The topological polar surface area (TPSA) is 22.9 Å². The van der Waals surface area contributed by atoms with E-state index in [0.717, 1.165) is 78.7 Å². The van der Waals surface area contributed by atoms with Gasteiger partial charge in [0.1, 0.15) is 5.58 Å². The summed E-state index contributed by atoms with van der Waals surface area (Å²) < 4.78 is 7.28. The maximum absolute atomic E-state index is 8.27. The second-order valence-electron chi connectivity index (χ2n) is 27.5. The summed E-state index contributed by atoms with van der Waals surface area (Å²) in [5.74, 6) is 0. The molecule has 1 heterocycles. The van der Waals surface area contributed by atoms with E-state index in [1.807, 2.05) is 0 Å². The number of hydrogen-bond donors (Lipinski definition) is 0. The third-order valence-electron chi connectivity index (χ3n) is 15.3. The van der Waals surface area contributed by atoms with Gasteiger partial charge in [-0.25, -0.2) is 0 Å². The van der Waals surface area contributed by atoms with Crippen LogP contribution in [0.1, 0.15) is 158 Å². The molecule has 0 spiro atoms. The van der Waals surface area contributed by atoms with Crippen molar-refractivity contribution >= 4 is 84.7 Å². The van der Waals surface area contributed by atoms with E-state index in [9.17, 15) is 0 Å². The van der Waals surface area contributed by atoms with Crippen LogP contribution in [0.4, 0.5) is 51.2 Å². The molecule has 0 N–H and O–H groups in total. The lowest BCUT2D eigenvalue weighted by atomic mass is 9.85. The summed E-state index contributed by atoms with van der Waals surface area (Å²) in [6, 6.07) is 62.8. The van der Waals surface area contributed by atoms with E-state index >= 15 is 0 Å². The zero-order chi connectivity index (χ0) is 55.8. The first-order chi connectivity index (χ1) is 35.9. The quantitative estimate of drug-likeness (QED) is 0.144. The summed E-state index contributed by atoms with van der Waals surface area (Å²) in [5.41, 5.74) is 17.5. The number of fused-ring (bicyclic) bond motifs is 3. The van der Waals surface area contributed by atoms with Crippen molar-refractivity contribution < 1.29 is 4.42 Å². The zero-order valence-corrected chi connectivity index (χ0v) is 50.0. The predicted molar refractivity (Wildman–Crippen MR) is 335 cm³/mol. The van der Waals surface area contributed by atoms with Crippen LogP contribution in [0, 0.1) is 0 Å². The van der Waals surface area contributed by atoms with Crippen molar-refractivity contribution in [2.45, 2.75) is 157 Å². The smallest absolute Gasteiger partial charge is 0.161 e. The minimum absolute atomic E-state index is 0.00182. The van der Waals surface area contributed by atoms with Crippen molar-refractivity contribution in [2.75, 3.05) is 14.7 Å². The first kappa shape index (κ1) is 55.0. The Kier molecular flexibility index (Phi) is 14.2. The fourth-order valence-corrected chi connectivity index (χ4v) is 10.6. The van der Waals surface area contributed by atoms with Gasteiger partial charge in [0.15, 0.2) is 5.58 Å². The Morgan fingerprint density at radius 3 is 0.922 bits per heavy atom.